The van der Waals surface area contributed by atoms with Gasteiger partial charge in [-0.2, -0.15) is 0 Å². The predicted molar refractivity (Wildman–Crippen MR) is 128 cm³/mol. The second-order valence-corrected chi connectivity index (χ2v) is 7.78. The fourth-order valence-electron chi connectivity index (χ4n) is 4.14. The average molecular weight is 433 g/mol. The minimum Gasteiger partial charge on any atom is -0.497 e. The van der Waals surface area contributed by atoms with E-state index in [0.717, 1.165) is 28.0 Å². The van der Waals surface area contributed by atoms with Crippen LogP contribution in [-0.4, -0.2) is 31.2 Å². The molecule has 160 valence electrons. The highest BCUT2D eigenvalue weighted by Gasteiger charge is 2.21. The first kappa shape index (κ1) is 19.2. The fourth-order valence-corrected chi connectivity index (χ4v) is 4.14. The molecular formula is C26H19N5O2. The van der Waals surface area contributed by atoms with Crippen molar-refractivity contribution in [3.63, 3.8) is 0 Å². The highest BCUT2D eigenvalue weighted by Crippen LogP contribution is 2.29. The van der Waals surface area contributed by atoms with Crippen LogP contribution in [0.5, 0.6) is 5.75 Å². The highest BCUT2D eigenvalue weighted by molar-refractivity contribution is 6.05. The second-order valence-electron chi connectivity index (χ2n) is 7.78. The van der Waals surface area contributed by atoms with E-state index in [-0.39, 0.29) is 5.56 Å². The van der Waals surface area contributed by atoms with E-state index in [1.165, 1.54) is 0 Å². The van der Waals surface area contributed by atoms with Gasteiger partial charge in [-0.3, -0.25) is 13.9 Å². The summed E-state index contributed by atoms with van der Waals surface area (Å²) in [5.74, 6) is 0.745. The third kappa shape index (κ3) is 3.13. The summed E-state index contributed by atoms with van der Waals surface area (Å²) >= 11 is 0. The molecule has 3 aromatic heterocycles. The lowest BCUT2D eigenvalue weighted by molar-refractivity contribution is 0.415. The number of aromatic nitrogens is 5. The summed E-state index contributed by atoms with van der Waals surface area (Å²) < 4.78 is 8.81. The molecule has 7 heteroatoms. The quantitative estimate of drug-likeness (QED) is 0.413. The highest BCUT2D eigenvalue weighted by atomic mass is 16.5. The Kier molecular flexibility index (Phi) is 4.40. The van der Waals surface area contributed by atoms with Crippen LogP contribution in [0.3, 0.4) is 0 Å². The normalized spacial score (nSPS) is 11.4. The van der Waals surface area contributed by atoms with E-state index in [1.54, 1.807) is 18.0 Å². The number of benzene rings is 3. The molecule has 0 spiro atoms. The third-order valence-corrected chi connectivity index (χ3v) is 5.76. The first-order valence-corrected chi connectivity index (χ1v) is 10.6. The zero-order valence-electron chi connectivity index (χ0n) is 17.8. The first-order valence-electron chi connectivity index (χ1n) is 10.6. The first-order chi connectivity index (χ1) is 16.2. The van der Waals surface area contributed by atoms with Crippen molar-refractivity contribution in [3.8, 4) is 11.4 Å². The van der Waals surface area contributed by atoms with Crippen LogP contribution in [0.4, 0.5) is 0 Å². The van der Waals surface area contributed by atoms with E-state index in [0.29, 0.717) is 28.7 Å². The lowest BCUT2D eigenvalue weighted by atomic mass is 10.2. The van der Waals surface area contributed by atoms with Crippen LogP contribution in [0.15, 0.2) is 90.0 Å². The maximum atomic E-state index is 13.6. The molecule has 33 heavy (non-hydrogen) atoms. The Morgan fingerprint density at radius 1 is 0.818 bits per heavy atom. The molecule has 6 rings (SSSR count). The Hall–Kier alpha value is -4.52. The van der Waals surface area contributed by atoms with Gasteiger partial charge in [-0.1, -0.05) is 42.5 Å². The molecule has 0 fully saturated rings. The number of nitrogens with zero attached hydrogens (tertiary/aromatic N) is 5. The van der Waals surface area contributed by atoms with E-state index in [9.17, 15) is 4.79 Å². The number of ether oxygens (including phenoxy) is 1. The number of fused-ring (bicyclic) bond motifs is 4. The largest absolute Gasteiger partial charge is 0.497 e. The average Bonchev–Trinajstić information content (AvgIpc) is 3.18. The third-order valence-electron chi connectivity index (χ3n) is 5.76. The molecule has 7 nitrogen and oxygen atoms in total. The van der Waals surface area contributed by atoms with E-state index >= 15 is 0 Å². The molecule has 0 radical (unpaired) electrons. The minimum absolute atomic E-state index is 0.148. The Balaban J connectivity index is 1.67. The Bertz CT molecular complexity index is 1690. The summed E-state index contributed by atoms with van der Waals surface area (Å²) in [4.78, 5) is 28.1. The van der Waals surface area contributed by atoms with Gasteiger partial charge >= 0.3 is 0 Å². The van der Waals surface area contributed by atoms with E-state index in [2.05, 4.69) is 0 Å². The van der Waals surface area contributed by atoms with Crippen LogP contribution in [-0.2, 0) is 6.54 Å². The van der Waals surface area contributed by atoms with Gasteiger partial charge in [0, 0.05) is 5.69 Å². The van der Waals surface area contributed by atoms with Gasteiger partial charge in [0.15, 0.2) is 11.3 Å². The molecule has 0 saturated heterocycles. The smallest absolute Gasteiger partial charge is 0.265 e. The number of methoxy groups -OCH3 is 1. The summed E-state index contributed by atoms with van der Waals surface area (Å²) in [6.07, 6.45) is 1.59. The van der Waals surface area contributed by atoms with Gasteiger partial charge in [0.1, 0.15) is 23.0 Å². The van der Waals surface area contributed by atoms with Crippen LogP contribution in [0.2, 0.25) is 0 Å². The fraction of sp³-hybridized carbons (Fsp3) is 0.0769. The van der Waals surface area contributed by atoms with Gasteiger partial charge in [0.05, 0.1) is 24.7 Å². The zero-order chi connectivity index (χ0) is 22.4. The second kappa shape index (κ2) is 7.56. The van der Waals surface area contributed by atoms with Crippen molar-refractivity contribution in [2.75, 3.05) is 7.11 Å². The van der Waals surface area contributed by atoms with Crippen molar-refractivity contribution >= 4 is 33.2 Å². The van der Waals surface area contributed by atoms with Crippen molar-refractivity contribution in [2.24, 2.45) is 0 Å². The van der Waals surface area contributed by atoms with Gasteiger partial charge in [0.25, 0.3) is 5.56 Å². The van der Waals surface area contributed by atoms with Crippen molar-refractivity contribution < 1.29 is 4.74 Å². The van der Waals surface area contributed by atoms with Crippen molar-refractivity contribution in [1.29, 1.82) is 0 Å². The molecule has 3 aromatic carbocycles. The predicted octanol–water partition coefficient (Wildman–Crippen LogP) is 4.34. The summed E-state index contributed by atoms with van der Waals surface area (Å²) in [7, 11) is 1.63. The molecule has 0 bridgehead atoms. The minimum atomic E-state index is -0.148. The molecule has 0 unspecified atom stereocenters. The van der Waals surface area contributed by atoms with Gasteiger partial charge < -0.3 is 4.74 Å². The lowest BCUT2D eigenvalue weighted by Gasteiger charge is -2.08. The lowest BCUT2D eigenvalue weighted by Crippen LogP contribution is -2.21. The number of hydrogen-bond donors (Lipinski definition) is 0. The SMILES string of the molecule is COc1ccc(-n2c3nc4ccccc4nc3c3c(=O)n(Cc4ccccc4)cnc32)cc1. The summed E-state index contributed by atoms with van der Waals surface area (Å²) in [6, 6.07) is 25.1. The Morgan fingerprint density at radius 3 is 2.24 bits per heavy atom. The van der Waals surface area contributed by atoms with Gasteiger partial charge in [0.2, 0.25) is 0 Å². The molecular weight excluding hydrogens is 414 g/mol. The maximum Gasteiger partial charge on any atom is 0.265 e. The summed E-state index contributed by atoms with van der Waals surface area (Å²) in [5, 5.41) is 0.456. The van der Waals surface area contributed by atoms with Crippen LogP contribution in [0.1, 0.15) is 5.56 Å². The Morgan fingerprint density at radius 2 is 1.52 bits per heavy atom. The molecule has 0 amide bonds. The van der Waals surface area contributed by atoms with E-state index in [4.69, 9.17) is 19.7 Å². The maximum absolute atomic E-state index is 13.6. The van der Waals surface area contributed by atoms with Crippen LogP contribution < -0.4 is 10.3 Å². The molecule has 0 aliphatic rings. The standard InChI is InChI=1S/C26H19N5O2/c1-33-19-13-11-18(12-14-19)31-24-22(23-25(31)29-21-10-6-5-9-20(21)28-23)26(32)30(16-27-24)15-17-7-3-2-4-8-17/h2-14,16H,15H2,1H3. The molecule has 0 aliphatic heterocycles. The monoisotopic (exact) mass is 433 g/mol. The van der Waals surface area contributed by atoms with Crippen molar-refractivity contribution in [3.05, 3.63) is 101 Å². The molecule has 0 saturated carbocycles. The molecule has 3 heterocycles. The Labute approximate surface area is 188 Å². The van der Waals surface area contributed by atoms with Gasteiger partial charge in [-0.15, -0.1) is 0 Å². The van der Waals surface area contributed by atoms with Gasteiger partial charge in [-0.25, -0.2) is 15.0 Å². The van der Waals surface area contributed by atoms with Crippen LogP contribution >= 0.6 is 0 Å². The molecule has 0 aliphatic carbocycles. The zero-order valence-corrected chi connectivity index (χ0v) is 17.8. The van der Waals surface area contributed by atoms with Crippen molar-refractivity contribution in [1.82, 2.24) is 24.1 Å². The van der Waals surface area contributed by atoms with Crippen molar-refractivity contribution in [2.45, 2.75) is 6.54 Å². The summed E-state index contributed by atoms with van der Waals surface area (Å²) in [6.45, 7) is 0.429. The molecule has 0 atom stereocenters. The number of rotatable bonds is 4. The topological polar surface area (TPSA) is 74.8 Å². The summed E-state index contributed by atoms with van der Waals surface area (Å²) in [5.41, 5.74) is 4.86. The molecule has 0 N–H and O–H groups in total. The van der Waals surface area contributed by atoms with E-state index < -0.39 is 0 Å². The van der Waals surface area contributed by atoms with E-state index in [1.807, 2.05) is 83.4 Å². The molecule has 6 aromatic rings. The number of para-hydroxylation sites is 2. The van der Waals surface area contributed by atoms with Gasteiger partial charge in [-0.05, 0) is 42.0 Å². The number of hydrogen-bond acceptors (Lipinski definition) is 5. The van der Waals surface area contributed by atoms with Crippen LogP contribution in [0.25, 0.3) is 38.9 Å². The van der Waals surface area contributed by atoms with Crippen LogP contribution in [0, 0.1) is 0 Å².